The van der Waals surface area contributed by atoms with Crippen LogP contribution in [0.2, 0.25) is 0 Å². The Kier molecular flexibility index (Phi) is 7.72. The minimum Gasteiger partial charge on any atom is -0.491 e. The lowest BCUT2D eigenvalue weighted by Gasteiger charge is -2.17. The SMILES string of the molecule is CCC(Oc1ccc2ccccc2c1)C(=O)NCCCc1cccc(OC(C)C)c1. The summed E-state index contributed by atoms with van der Waals surface area (Å²) in [5, 5.41) is 5.28. The average Bonchev–Trinajstić information content (AvgIpc) is 2.74. The molecule has 3 aromatic carbocycles. The maximum Gasteiger partial charge on any atom is 0.261 e. The molecule has 0 saturated carbocycles. The second-order valence-electron chi connectivity index (χ2n) is 7.73. The first kappa shape index (κ1) is 21.7. The average molecular weight is 406 g/mol. The zero-order chi connectivity index (χ0) is 21.3. The van der Waals surface area contributed by atoms with Crippen LogP contribution < -0.4 is 14.8 Å². The third kappa shape index (κ3) is 6.24. The highest BCUT2D eigenvalue weighted by Crippen LogP contribution is 2.22. The van der Waals surface area contributed by atoms with Gasteiger partial charge in [-0.15, -0.1) is 0 Å². The van der Waals surface area contributed by atoms with Crippen molar-refractivity contribution in [2.75, 3.05) is 6.54 Å². The van der Waals surface area contributed by atoms with Gasteiger partial charge in [0.1, 0.15) is 11.5 Å². The normalized spacial score (nSPS) is 12.0. The number of aryl methyl sites for hydroxylation is 1. The topological polar surface area (TPSA) is 47.6 Å². The summed E-state index contributed by atoms with van der Waals surface area (Å²) in [6.07, 6.45) is 2.04. The van der Waals surface area contributed by atoms with Crippen molar-refractivity contribution < 1.29 is 14.3 Å². The minimum absolute atomic E-state index is 0.0671. The van der Waals surface area contributed by atoms with E-state index in [0.717, 1.165) is 35.1 Å². The Hall–Kier alpha value is -3.01. The lowest BCUT2D eigenvalue weighted by Crippen LogP contribution is -2.38. The van der Waals surface area contributed by atoms with Gasteiger partial charge in [-0.3, -0.25) is 4.79 Å². The molecular weight excluding hydrogens is 374 g/mol. The van der Waals surface area contributed by atoms with Crippen LogP contribution in [0.1, 0.15) is 39.2 Å². The van der Waals surface area contributed by atoms with Crippen LogP contribution in [0.25, 0.3) is 10.8 Å². The van der Waals surface area contributed by atoms with Crippen LogP contribution in [-0.2, 0) is 11.2 Å². The lowest BCUT2D eigenvalue weighted by atomic mass is 10.1. The molecule has 0 aliphatic rings. The van der Waals surface area contributed by atoms with Crippen LogP contribution in [0.3, 0.4) is 0 Å². The Balaban J connectivity index is 1.48. The highest BCUT2D eigenvalue weighted by Gasteiger charge is 2.18. The number of carbonyl (C=O) groups is 1. The van der Waals surface area contributed by atoms with Crippen molar-refractivity contribution in [1.29, 1.82) is 0 Å². The van der Waals surface area contributed by atoms with Crippen molar-refractivity contribution in [3.8, 4) is 11.5 Å². The van der Waals surface area contributed by atoms with Crippen LogP contribution in [0.4, 0.5) is 0 Å². The molecular formula is C26H31NO3. The summed E-state index contributed by atoms with van der Waals surface area (Å²) in [6, 6.07) is 22.2. The quantitative estimate of drug-likeness (QED) is 0.451. The number of benzene rings is 3. The number of hydrogen-bond acceptors (Lipinski definition) is 3. The molecule has 30 heavy (non-hydrogen) atoms. The standard InChI is InChI=1S/C26H31NO3/c1-4-25(30-24-15-14-21-11-5-6-12-22(21)18-24)26(28)27-16-8-10-20-9-7-13-23(17-20)29-19(2)3/h5-7,9,11-15,17-19,25H,4,8,10,16H2,1-3H3,(H,27,28). The number of rotatable bonds is 10. The first-order valence-corrected chi connectivity index (χ1v) is 10.7. The van der Waals surface area contributed by atoms with Gasteiger partial charge in [0.2, 0.25) is 0 Å². The predicted octanol–water partition coefficient (Wildman–Crippen LogP) is 5.53. The highest BCUT2D eigenvalue weighted by atomic mass is 16.5. The predicted molar refractivity (Wildman–Crippen MR) is 122 cm³/mol. The van der Waals surface area contributed by atoms with Gasteiger partial charge in [0, 0.05) is 6.54 Å². The van der Waals surface area contributed by atoms with Crippen molar-refractivity contribution in [1.82, 2.24) is 5.32 Å². The van der Waals surface area contributed by atoms with E-state index in [0.29, 0.717) is 13.0 Å². The van der Waals surface area contributed by atoms with Crippen LogP contribution >= 0.6 is 0 Å². The van der Waals surface area contributed by atoms with E-state index < -0.39 is 6.10 Å². The van der Waals surface area contributed by atoms with Gasteiger partial charge in [-0.25, -0.2) is 0 Å². The molecule has 0 spiro atoms. The second kappa shape index (κ2) is 10.7. The summed E-state index contributed by atoms with van der Waals surface area (Å²) in [6.45, 7) is 6.62. The Morgan fingerprint density at radius 1 is 0.900 bits per heavy atom. The Labute approximate surface area is 179 Å². The third-order valence-corrected chi connectivity index (χ3v) is 4.87. The molecule has 0 bridgehead atoms. The van der Waals surface area contributed by atoms with E-state index in [4.69, 9.17) is 9.47 Å². The molecule has 4 nitrogen and oxygen atoms in total. The smallest absolute Gasteiger partial charge is 0.261 e. The van der Waals surface area contributed by atoms with E-state index in [-0.39, 0.29) is 12.0 Å². The molecule has 1 unspecified atom stereocenters. The maximum atomic E-state index is 12.6. The molecule has 1 amide bonds. The maximum absolute atomic E-state index is 12.6. The number of fused-ring (bicyclic) bond motifs is 1. The molecule has 4 heteroatoms. The van der Waals surface area contributed by atoms with Gasteiger partial charge < -0.3 is 14.8 Å². The van der Waals surface area contributed by atoms with E-state index >= 15 is 0 Å². The van der Waals surface area contributed by atoms with E-state index in [9.17, 15) is 4.79 Å². The minimum atomic E-state index is -0.492. The summed E-state index contributed by atoms with van der Waals surface area (Å²) in [5.74, 6) is 1.54. The number of nitrogens with one attached hydrogen (secondary N) is 1. The number of carbonyl (C=O) groups excluding carboxylic acids is 1. The second-order valence-corrected chi connectivity index (χ2v) is 7.73. The van der Waals surface area contributed by atoms with Crippen molar-refractivity contribution in [3.63, 3.8) is 0 Å². The van der Waals surface area contributed by atoms with Gasteiger partial charge in [0.05, 0.1) is 6.10 Å². The molecule has 3 aromatic rings. The molecule has 0 aromatic heterocycles. The van der Waals surface area contributed by atoms with Crippen LogP contribution in [-0.4, -0.2) is 24.7 Å². The molecule has 0 heterocycles. The zero-order valence-corrected chi connectivity index (χ0v) is 18.1. The van der Waals surface area contributed by atoms with Crippen molar-refractivity contribution >= 4 is 16.7 Å². The Morgan fingerprint density at radius 2 is 1.67 bits per heavy atom. The van der Waals surface area contributed by atoms with Crippen LogP contribution in [0.15, 0.2) is 66.7 Å². The van der Waals surface area contributed by atoms with Gasteiger partial charge in [-0.1, -0.05) is 49.4 Å². The molecule has 158 valence electrons. The van der Waals surface area contributed by atoms with E-state index in [1.165, 1.54) is 5.56 Å². The van der Waals surface area contributed by atoms with Gasteiger partial charge >= 0.3 is 0 Å². The first-order valence-electron chi connectivity index (χ1n) is 10.7. The molecule has 0 radical (unpaired) electrons. The molecule has 0 aliphatic heterocycles. The first-order chi connectivity index (χ1) is 14.5. The van der Waals surface area contributed by atoms with Crippen molar-refractivity contribution in [2.24, 2.45) is 0 Å². The van der Waals surface area contributed by atoms with Gasteiger partial charge in [0.25, 0.3) is 5.91 Å². The van der Waals surface area contributed by atoms with Crippen molar-refractivity contribution in [2.45, 2.75) is 52.2 Å². The molecule has 3 rings (SSSR count). The summed E-state index contributed by atoms with van der Waals surface area (Å²) in [5.41, 5.74) is 1.21. The lowest BCUT2D eigenvalue weighted by molar-refractivity contribution is -0.128. The van der Waals surface area contributed by atoms with Crippen molar-refractivity contribution in [3.05, 3.63) is 72.3 Å². The fourth-order valence-corrected chi connectivity index (χ4v) is 3.39. The summed E-state index contributed by atoms with van der Waals surface area (Å²) < 4.78 is 11.7. The van der Waals surface area contributed by atoms with Crippen LogP contribution in [0.5, 0.6) is 11.5 Å². The summed E-state index contributed by atoms with van der Waals surface area (Å²) >= 11 is 0. The number of hydrogen-bond donors (Lipinski definition) is 1. The summed E-state index contributed by atoms with van der Waals surface area (Å²) in [7, 11) is 0. The zero-order valence-electron chi connectivity index (χ0n) is 18.1. The fraction of sp³-hybridized carbons (Fsp3) is 0.346. The molecule has 0 saturated heterocycles. The molecule has 1 N–H and O–H groups in total. The third-order valence-electron chi connectivity index (χ3n) is 4.87. The van der Waals surface area contributed by atoms with E-state index in [2.05, 4.69) is 23.5 Å². The summed E-state index contributed by atoms with van der Waals surface area (Å²) in [4.78, 5) is 12.6. The Bertz CT molecular complexity index is 967. The highest BCUT2D eigenvalue weighted by molar-refractivity contribution is 5.84. The Morgan fingerprint density at radius 3 is 2.43 bits per heavy atom. The van der Waals surface area contributed by atoms with Gasteiger partial charge in [0.15, 0.2) is 6.10 Å². The monoisotopic (exact) mass is 405 g/mol. The number of ether oxygens (including phenoxy) is 2. The fourth-order valence-electron chi connectivity index (χ4n) is 3.39. The van der Waals surface area contributed by atoms with Gasteiger partial charge in [-0.05, 0) is 73.7 Å². The van der Waals surface area contributed by atoms with E-state index in [1.807, 2.05) is 69.3 Å². The molecule has 0 fully saturated rings. The van der Waals surface area contributed by atoms with Gasteiger partial charge in [-0.2, -0.15) is 0 Å². The molecule has 1 atom stereocenters. The van der Waals surface area contributed by atoms with Crippen LogP contribution in [0, 0.1) is 0 Å². The molecule has 0 aliphatic carbocycles. The van der Waals surface area contributed by atoms with E-state index in [1.54, 1.807) is 0 Å². The number of amides is 1. The largest absolute Gasteiger partial charge is 0.491 e.